The molecule has 0 unspecified atom stereocenters. The second kappa shape index (κ2) is 4.78. The monoisotopic (exact) mass is 265 g/mol. The van der Waals surface area contributed by atoms with E-state index in [0.29, 0.717) is 0 Å². The number of rotatable bonds is 2. The number of benzene rings is 2. The minimum Gasteiger partial charge on any atom is -0.358 e. The van der Waals surface area contributed by atoms with Gasteiger partial charge in [-0.3, -0.25) is 4.79 Å². The Morgan fingerprint density at radius 3 is 2.00 bits per heavy atom. The Morgan fingerprint density at radius 2 is 1.55 bits per heavy atom. The van der Waals surface area contributed by atoms with E-state index in [1.165, 1.54) is 11.1 Å². The predicted molar refractivity (Wildman–Crippen MR) is 80.8 cm³/mol. The van der Waals surface area contributed by atoms with Crippen LogP contribution in [0.25, 0.3) is 0 Å². The lowest BCUT2D eigenvalue weighted by atomic mass is 9.64. The van der Waals surface area contributed by atoms with Crippen LogP contribution in [0.4, 0.5) is 0 Å². The van der Waals surface area contributed by atoms with Gasteiger partial charge < -0.3 is 5.32 Å². The summed E-state index contributed by atoms with van der Waals surface area (Å²) in [6, 6.07) is 16.6. The first kappa shape index (κ1) is 12.9. The van der Waals surface area contributed by atoms with Crippen LogP contribution in [-0.2, 0) is 16.6 Å². The molecule has 2 aromatic carbocycles. The van der Waals surface area contributed by atoms with Crippen LogP contribution in [0.1, 0.15) is 35.6 Å². The number of fused-ring (bicyclic) bond motifs is 2. The van der Waals surface area contributed by atoms with Gasteiger partial charge in [0.2, 0.25) is 5.91 Å². The highest BCUT2D eigenvalue weighted by Crippen LogP contribution is 2.44. The summed E-state index contributed by atoms with van der Waals surface area (Å²) >= 11 is 0. The zero-order valence-corrected chi connectivity index (χ0v) is 11.9. The second-order valence-corrected chi connectivity index (χ2v) is 5.33. The maximum Gasteiger partial charge on any atom is 0.234 e. The molecule has 0 atom stereocenters. The Labute approximate surface area is 119 Å². The standard InChI is InChI=1S/C18H19NO/c1-3-18(17(20)19-2)15-10-6-4-8-13(15)12-14-9-5-7-11-16(14)18/h4-11H,3,12H2,1-2H3,(H,19,20). The van der Waals surface area contributed by atoms with Gasteiger partial charge in [-0.05, 0) is 35.1 Å². The Hall–Kier alpha value is -2.09. The van der Waals surface area contributed by atoms with E-state index in [2.05, 4.69) is 48.6 Å². The molecule has 0 heterocycles. The molecule has 0 aliphatic heterocycles. The van der Waals surface area contributed by atoms with E-state index in [4.69, 9.17) is 0 Å². The van der Waals surface area contributed by atoms with Crippen molar-refractivity contribution in [2.75, 3.05) is 7.05 Å². The molecule has 0 saturated carbocycles. The molecule has 1 aliphatic carbocycles. The summed E-state index contributed by atoms with van der Waals surface area (Å²) in [5, 5.41) is 2.87. The van der Waals surface area contributed by atoms with Crippen molar-refractivity contribution in [3.63, 3.8) is 0 Å². The molecular weight excluding hydrogens is 246 g/mol. The third-order valence-corrected chi connectivity index (χ3v) is 4.48. The van der Waals surface area contributed by atoms with Crippen LogP contribution in [0, 0.1) is 0 Å². The van der Waals surface area contributed by atoms with Crippen LogP contribution in [0.15, 0.2) is 48.5 Å². The zero-order chi connectivity index (χ0) is 14.2. The lowest BCUT2D eigenvalue weighted by Crippen LogP contribution is -2.46. The first-order valence-corrected chi connectivity index (χ1v) is 7.13. The van der Waals surface area contributed by atoms with Crippen molar-refractivity contribution in [3.05, 3.63) is 70.8 Å². The molecule has 3 rings (SSSR count). The highest BCUT2D eigenvalue weighted by Gasteiger charge is 2.44. The lowest BCUT2D eigenvalue weighted by Gasteiger charge is -2.38. The van der Waals surface area contributed by atoms with Crippen LogP contribution in [-0.4, -0.2) is 13.0 Å². The van der Waals surface area contributed by atoms with E-state index in [1.54, 1.807) is 7.05 Å². The number of hydrogen-bond acceptors (Lipinski definition) is 1. The van der Waals surface area contributed by atoms with Crippen molar-refractivity contribution in [3.8, 4) is 0 Å². The fourth-order valence-electron chi connectivity index (χ4n) is 3.53. The third-order valence-electron chi connectivity index (χ3n) is 4.48. The molecule has 0 radical (unpaired) electrons. The van der Waals surface area contributed by atoms with Crippen LogP contribution in [0.2, 0.25) is 0 Å². The van der Waals surface area contributed by atoms with Gasteiger partial charge in [-0.2, -0.15) is 0 Å². The minimum absolute atomic E-state index is 0.0830. The molecule has 102 valence electrons. The van der Waals surface area contributed by atoms with Gasteiger partial charge in [-0.25, -0.2) is 0 Å². The molecule has 0 saturated heterocycles. The van der Waals surface area contributed by atoms with Crippen LogP contribution in [0.3, 0.4) is 0 Å². The summed E-state index contributed by atoms with van der Waals surface area (Å²) in [4.78, 5) is 12.7. The SMILES string of the molecule is CCC1(C(=O)NC)c2ccccc2Cc2ccccc21. The summed E-state index contributed by atoms with van der Waals surface area (Å²) in [5.74, 6) is 0.0830. The number of hydrogen-bond donors (Lipinski definition) is 1. The minimum atomic E-state index is -0.555. The smallest absolute Gasteiger partial charge is 0.234 e. The summed E-state index contributed by atoms with van der Waals surface area (Å²) in [6.07, 6.45) is 1.67. The van der Waals surface area contributed by atoms with E-state index < -0.39 is 5.41 Å². The second-order valence-electron chi connectivity index (χ2n) is 5.33. The molecule has 1 aliphatic rings. The average molecular weight is 265 g/mol. The highest BCUT2D eigenvalue weighted by molar-refractivity contribution is 5.93. The highest BCUT2D eigenvalue weighted by atomic mass is 16.2. The molecule has 2 aromatic rings. The molecule has 20 heavy (non-hydrogen) atoms. The van der Waals surface area contributed by atoms with Crippen LogP contribution in [0.5, 0.6) is 0 Å². The predicted octanol–water partition coefficient (Wildman–Crippen LogP) is 3.03. The lowest BCUT2D eigenvalue weighted by molar-refractivity contribution is -0.125. The van der Waals surface area contributed by atoms with Gasteiger partial charge in [-0.15, -0.1) is 0 Å². The largest absolute Gasteiger partial charge is 0.358 e. The Kier molecular flexibility index (Phi) is 3.09. The van der Waals surface area contributed by atoms with E-state index in [1.807, 2.05) is 12.1 Å². The number of nitrogens with one attached hydrogen (secondary N) is 1. The number of carbonyl (C=O) groups excluding carboxylic acids is 1. The molecule has 2 nitrogen and oxygen atoms in total. The van der Waals surface area contributed by atoms with Crippen LogP contribution >= 0.6 is 0 Å². The van der Waals surface area contributed by atoms with E-state index in [-0.39, 0.29) is 5.91 Å². The quantitative estimate of drug-likeness (QED) is 0.888. The normalized spacial score (nSPS) is 15.1. The van der Waals surface area contributed by atoms with Crippen molar-refractivity contribution in [2.24, 2.45) is 0 Å². The Bertz CT molecular complexity index is 614. The van der Waals surface area contributed by atoms with Crippen molar-refractivity contribution in [1.82, 2.24) is 5.32 Å². The maximum atomic E-state index is 12.7. The summed E-state index contributed by atoms with van der Waals surface area (Å²) in [6.45, 7) is 2.09. The summed E-state index contributed by atoms with van der Waals surface area (Å²) in [7, 11) is 1.72. The van der Waals surface area contributed by atoms with Gasteiger partial charge in [0.25, 0.3) is 0 Å². The molecule has 1 N–H and O–H groups in total. The van der Waals surface area contributed by atoms with Gasteiger partial charge in [0.1, 0.15) is 0 Å². The molecule has 2 heteroatoms. The fraction of sp³-hybridized carbons (Fsp3) is 0.278. The maximum absolute atomic E-state index is 12.7. The first-order chi connectivity index (χ1) is 9.74. The van der Waals surface area contributed by atoms with Crippen LogP contribution < -0.4 is 5.32 Å². The van der Waals surface area contributed by atoms with Gasteiger partial charge in [0, 0.05) is 7.05 Å². The number of likely N-dealkylation sites (N-methyl/N-ethyl adjacent to an activating group) is 1. The molecule has 0 fully saturated rings. The van der Waals surface area contributed by atoms with Gasteiger partial charge in [0.05, 0.1) is 5.41 Å². The summed E-state index contributed by atoms with van der Waals surface area (Å²) in [5.41, 5.74) is 4.27. The van der Waals surface area contributed by atoms with Crippen molar-refractivity contribution < 1.29 is 4.79 Å². The van der Waals surface area contributed by atoms with E-state index in [9.17, 15) is 4.79 Å². The van der Waals surface area contributed by atoms with Crippen molar-refractivity contribution >= 4 is 5.91 Å². The van der Waals surface area contributed by atoms with E-state index in [0.717, 1.165) is 24.0 Å². The molecule has 1 amide bonds. The van der Waals surface area contributed by atoms with Gasteiger partial charge in [0.15, 0.2) is 0 Å². The molecule has 0 bridgehead atoms. The van der Waals surface area contributed by atoms with Crippen molar-refractivity contribution in [2.45, 2.75) is 25.2 Å². The van der Waals surface area contributed by atoms with E-state index >= 15 is 0 Å². The topological polar surface area (TPSA) is 29.1 Å². The molecular formula is C18H19NO. The number of carbonyl (C=O) groups is 1. The Morgan fingerprint density at radius 1 is 1.05 bits per heavy atom. The van der Waals surface area contributed by atoms with Gasteiger partial charge in [-0.1, -0.05) is 55.5 Å². The van der Waals surface area contributed by atoms with Crippen molar-refractivity contribution in [1.29, 1.82) is 0 Å². The molecule has 0 spiro atoms. The first-order valence-electron chi connectivity index (χ1n) is 7.13. The number of amides is 1. The Balaban J connectivity index is 2.34. The third kappa shape index (κ3) is 1.61. The average Bonchev–Trinajstić information content (AvgIpc) is 2.52. The molecule has 0 aromatic heterocycles. The zero-order valence-electron chi connectivity index (χ0n) is 11.9. The fourth-order valence-corrected chi connectivity index (χ4v) is 3.53. The van der Waals surface area contributed by atoms with Gasteiger partial charge >= 0.3 is 0 Å². The summed E-state index contributed by atoms with van der Waals surface area (Å²) < 4.78 is 0.